The Labute approximate surface area is 101 Å². The lowest BCUT2D eigenvalue weighted by molar-refractivity contribution is -0.128. The van der Waals surface area contributed by atoms with Gasteiger partial charge in [0.2, 0.25) is 5.91 Å². The van der Waals surface area contributed by atoms with Gasteiger partial charge in [0, 0.05) is 13.3 Å². The summed E-state index contributed by atoms with van der Waals surface area (Å²) in [6.07, 6.45) is 3.61. The molecule has 1 saturated carbocycles. The molecule has 4 heteroatoms. The molecule has 92 valence electrons. The van der Waals surface area contributed by atoms with Crippen LogP contribution in [0.1, 0.15) is 24.1 Å². The number of carbonyl (C=O) groups is 1. The molecule has 1 fully saturated rings. The molecule has 0 aromatic carbocycles. The highest BCUT2D eigenvalue weighted by Crippen LogP contribution is 2.45. The lowest BCUT2D eigenvalue weighted by atomic mass is 10.1. The number of ether oxygens (including phenoxy) is 1. The fourth-order valence-electron chi connectivity index (χ4n) is 1.92. The zero-order valence-corrected chi connectivity index (χ0v) is 10.3. The van der Waals surface area contributed by atoms with E-state index >= 15 is 0 Å². The predicted octanol–water partition coefficient (Wildman–Crippen LogP) is 1.43. The van der Waals surface area contributed by atoms with Crippen LogP contribution >= 0.6 is 0 Å². The van der Waals surface area contributed by atoms with Gasteiger partial charge in [-0.3, -0.25) is 9.78 Å². The van der Waals surface area contributed by atoms with Gasteiger partial charge in [-0.05, 0) is 37.5 Å². The van der Waals surface area contributed by atoms with Crippen LogP contribution in [0.4, 0.5) is 0 Å². The molecule has 1 aromatic rings. The van der Waals surface area contributed by atoms with Gasteiger partial charge in [0.25, 0.3) is 0 Å². The number of pyridine rings is 1. The van der Waals surface area contributed by atoms with Gasteiger partial charge in [0.05, 0.1) is 24.3 Å². The number of aromatic nitrogens is 1. The Morgan fingerprint density at radius 1 is 1.59 bits per heavy atom. The van der Waals surface area contributed by atoms with Crippen LogP contribution in [-0.2, 0) is 16.1 Å². The summed E-state index contributed by atoms with van der Waals surface area (Å²) in [6, 6.07) is 3.93. The lowest BCUT2D eigenvalue weighted by Crippen LogP contribution is -2.34. The van der Waals surface area contributed by atoms with Gasteiger partial charge in [-0.1, -0.05) is 0 Å². The van der Waals surface area contributed by atoms with Gasteiger partial charge >= 0.3 is 0 Å². The van der Waals surface area contributed by atoms with Crippen molar-refractivity contribution in [2.45, 2.75) is 26.3 Å². The van der Waals surface area contributed by atoms with Gasteiger partial charge in [0.1, 0.15) is 0 Å². The molecule has 0 atom stereocenters. The number of aryl methyl sites for hydroxylation is 1. The van der Waals surface area contributed by atoms with E-state index in [0.717, 1.165) is 24.1 Å². The predicted molar refractivity (Wildman–Crippen MR) is 64.4 cm³/mol. The SMILES string of the molecule is COCC1(C(=O)NCc2cc(C)ccn2)CC1. The smallest absolute Gasteiger partial charge is 0.228 e. The number of carbonyl (C=O) groups excluding carboxylic acids is 1. The number of nitrogens with one attached hydrogen (secondary N) is 1. The highest BCUT2D eigenvalue weighted by Gasteiger charge is 2.49. The molecule has 17 heavy (non-hydrogen) atoms. The average molecular weight is 234 g/mol. The molecule has 2 rings (SSSR count). The summed E-state index contributed by atoms with van der Waals surface area (Å²) in [5, 5.41) is 2.93. The second-order valence-corrected chi connectivity index (χ2v) is 4.72. The Bertz CT molecular complexity index is 414. The quantitative estimate of drug-likeness (QED) is 0.838. The van der Waals surface area contributed by atoms with Gasteiger partial charge < -0.3 is 10.1 Å². The highest BCUT2D eigenvalue weighted by atomic mass is 16.5. The molecule has 1 aromatic heterocycles. The van der Waals surface area contributed by atoms with Crippen molar-refractivity contribution in [3.05, 3.63) is 29.6 Å². The van der Waals surface area contributed by atoms with Crippen LogP contribution in [0.3, 0.4) is 0 Å². The molecule has 1 aliphatic rings. The summed E-state index contributed by atoms with van der Waals surface area (Å²) in [5.74, 6) is 0.0858. The molecular formula is C13H18N2O2. The van der Waals surface area contributed by atoms with Crippen LogP contribution in [0.25, 0.3) is 0 Å². The number of hydrogen-bond acceptors (Lipinski definition) is 3. The van der Waals surface area contributed by atoms with Crippen LogP contribution in [0.2, 0.25) is 0 Å². The summed E-state index contributed by atoms with van der Waals surface area (Å²) >= 11 is 0. The van der Waals surface area contributed by atoms with E-state index in [4.69, 9.17) is 4.74 Å². The second-order valence-electron chi connectivity index (χ2n) is 4.72. The normalized spacial score (nSPS) is 16.6. The first-order valence-electron chi connectivity index (χ1n) is 5.85. The van der Waals surface area contributed by atoms with E-state index in [0.29, 0.717) is 13.2 Å². The van der Waals surface area contributed by atoms with E-state index in [9.17, 15) is 4.79 Å². The van der Waals surface area contributed by atoms with E-state index in [1.54, 1.807) is 13.3 Å². The van der Waals surface area contributed by atoms with Gasteiger partial charge in [-0.15, -0.1) is 0 Å². The third-order valence-electron chi connectivity index (χ3n) is 3.16. The first kappa shape index (κ1) is 12.0. The van der Waals surface area contributed by atoms with Gasteiger partial charge in [-0.2, -0.15) is 0 Å². The standard InChI is InChI=1S/C13H18N2O2/c1-10-3-6-14-11(7-10)8-15-12(16)13(4-5-13)9-17-2/h3,6-7H,4-5,8-9H2,1-2H3,(H,15,16). The Morgan fingerprint density at radius 2 is 2.35 bits per heavy atom. The minimum Gasteiger partial charge on any atom is -0.384 e. The Kier molecular flexibility index (Phi) is 3.43. The first-order chi connectivity index (χ1) is 8.16. The molecule has 1 heterocycles. The molecule has 1 amide bonds. The molecule has 1 aliphatic carbocycles. The zero-order valence-electron chi connectivity index (χ0n) is 10.3. The number of nitrogens with zero attached hydrogens (tertiary/aromatic N) is 1. The fourth-order valence-corrected chi connectivity index (χ4v) is 1.92. The number of methoxy groups -OCH3 is 1. The van der Waals surface area contributed by atoms with Crippen molar-refractivity contribution >= 4 is 5.91 Å². The fraction of sp³-hybridized carbons (Fsp3) is 0.538. The van der Waals surface area contributed by atoms with E-state index in [1.165, 1.54) is 0 Å². The summed E-state index contributed by atoms with van der Waals surface area (Å²) in [6.45, 7) is 3.02. The highest BCUT2D eigenvalue weighted by molar-refractivity contribution is 5.85. The third-order valence-corrected chi connectivity index (χ3v) is 3.16. The zero-order chi connectivity index (χ0) is 12.3. The molecule has 0 saturated heterocycles. The van der Waals surface area contributed by atoms with Crippen LogP contribution in [0.5, 0.6) is 0 Å². The third kappa shape index (κ3) is 2.82. The maximum absolute atomic E-state index is 12.0. The van der Waals surface area contributed by atoms with Crippen molar-refractivity contribution in [2.24, 2.45) is 5.41 Å². The largest absolute Gasteiger partial charge is 0.384 e. The maximum Gasteiger partial charge on any atom is 0.228 e. The van der Waals surface area contributed by atoms with Crippen LogP contribution in [0.15, 0.2) is 18.3 Å². The molecule has 0 radical (unpaired) electrons. The summed E-state index contributed by atoms with van der Waals surface area (Å²) < 4.78 is 5.08. The van der Waals surface area contributed by atoms with Gasteiger partial charge in [0.15, 0.2) is 0 Å². The van der Waals surface area contributed by atoms with E-state index in [1.807, 2.05) is 19.1 Å². The van der Waals surface area contributed by atoms with Gasteiger partial charge in [-0.25, -0.2) is 0 Å². The van der Waals surface area contributed by atoms with Crippen LogP contribution < -0.4 is 5.32 Å². The summed E-state index contributed by atoms with van der Waals surface area (Å²) in [4.78, 5) is 16.2. The van der Waals surface area contributed by atoms with Crippen molar-refractivity contribution in [2.75, 3.05) is 13.7 Å². The summed E-state index contributed by atoms with van der Waals surface area (Å²) in [7, 11) is 1.63. The summed E-state index contributed by atoms with van der Waals surface area (Å²) in [5.41, 5.74) is 1.78. The Morgan fingerprint density at radius 3 is 2.94 bits per heavy atom. The molecular weight excluding hydrogens is 216 g/mol. The first-order valence-corrected chi connectivity index (χ1v) is 5.85. The number of amides is 1. The Hall–Kier alpha value is -1.42. The minimum absolute atomic E-state index is 0.0858. The van der Waals surface area contributed by atoms with Crippen LogP contribution in [-0.4, -0.2) is 24.6 Å². The molecule has 0 unspecified atom stereocenters. The van der Waals surface area contributed by atoms with E-state index < -0.39 is 0 Å². The van der Waals surface area contributed by atoms with Crippen molar-refractivity contribution in [1.82, 2.24) is 10.3 Å². The average Bonchev–Trinajstić information content (AvgIpc) is 3.08. The monoisotopic (exact) mass is 234 g/mol. The lowest BCUT2D eigenvalue weighted by Gasteiger charge is -2.13. The van der Waals surface area contributed by atoms with Crippen molar-refractivity contribution in [3.63, 3.8) is 0 Å². The number of rotatable bonds is 5. The molecule has 4 nitrogen and oxygen atoms in total. The minimum atomic E-state index is -0.265. The van der Waals surface area contributed by atoms with Crippen molar-refractivity contribution in [3.8, 4) is 0 Å². The number of hydrogen-bond donors (Lipinski definition) is 1. The second kappa shape index (κ2) is 4.84. The van der Waals surface area contributed by atoms with E-state index in [2.05, 4.69) is 10.3 Å². The topological polar surface area (TPSA) is 51.2 Å². The molecule has 0 aliphatic heterocycles. The molecule has 0 spiro atoms. The molecule has 0 bridgehead atoms. The van der Waals surface area contributed by atoms with Crippen molar-refractivity contribution in [1.29, 1.82) is 0 Å². The Balaban J connectivity index is 1.88. The van der Waals surface area contributed by atoms with Crippen LogP contribution in [0, 0.1) is 12.3 Å². The maximum atomic E-state index is 12.0. The van der Waals surface area contributed by atoms with E-state index in [-0.39, 0.29) is 11.3 Å². The van der Waals surface area contributed by atoms with Crippen molar-refractivity contribution < 1.29 is 9.53 Å². The molecule has 1 N–H and O–H groups in total.